The van der Waals surface area contributed by atoms with Gasteiger partial charge in [0.2, 0.25) is 0 Å². The van der Waals surface area contributed by atoms with Crippen LogP contribution in [0.3, 0.4) is 0 Å². The van der Waals surface area contributed by atoms with Gasteiger partial charge in [0, 0.05) is 10.7 Å². The first-order valence-corrected chi connectivity index (χ1v) is 9.36. The van der Waals surface area contributed by atoms with Crippen molar-refractivity contribution in [2.45, 2.75) is 25.3 Å². The maximum absolute atomic E-state index is 12.8. The molecule has 1 aliphatic rings. The van der Waals surface area contributed by atoms with Crippen molar-refractivity contribution in [3.63, 3.8) is 0 Å². The van der Waals surface area contributed by atoms with E-state index < -0.39 is 18.2 Å². The molecule has 0 aliphatic carbocycles. The fraction of sp³-hybridized carbons (Fsp3) is 0.250. The van der Waals surface area contributed by atoms with E-state index in [1.165, 1.54) is 0 Å². The zero-order valence-corrected chi connectivity index (χ0v) is 16.4. The smallest absolute Gasteiger partial charge is 0.415 e. The first-order chi connectivity index (χ1) is 14.1. The van der Waals surface area contributed by atoms with Gasteiger partial charge in [-0.2, -0.15) is 0 Å². The molecule has 2 atom stereocenters. The molecule has 29 heavy (non-hydrogen) atoms. The number of amides is 1. The fourth-order valence-corrected chi connectivity index (χ4v) is 3.54. The molecule has 0 spiro atoms. The number of ether oxygens (including phenoxy) is 2. The van der Waals surface area contributed by atoms with Gasteiger partial charge in [-0.3, -0.25) is 4.90 Å². The van der Waals surface area contributed by atoms with Crippen LogP contribution in [-0.2, 0) is 17.9 Å². The van der Waals surface area contributed by atoms with Gasteiger partial charge in [0.25, 0.3) is 0 Å². The Balaban J connectivity index is 1.73. The van der Waals surface area contributed by atoms with E-state index in [-0.39, 0.29) is 13.2 Å². The van der Waals surface area contributed by atoms with Gasteiger partial charge in [-0.1, -0.05) is 28.9 Å². The summed E-state index contributed by atoms with van der Waals surface area (Å²) in [4.78, 5) is 14.4. The Morgan fingerprint density at radius 2 is 2.03 bits per heavy atom. The third-order valence-corrected chi connectivity index (χ3v) is 4.99. The van der Waals surface area contributed by atoms with Crippen LogP contribution in [0.2, 0.25) is 5.02 Å². The van der Waals surface area contributed by atoms with E-state index in [0.717, 1.165) is 5.56 Å². The Labute approximate surface area is 172 Å². The number of rotatable bonds is 6. The largest absolute Gasteiger partial charge is 0.497 e. The number of carbonyl (C=O) groups excluding carboxylic acids is 1. The lowest BCUT2D eigenvalue weighted by Crippen LogP contribution is -2.31. The second kappa shape index (κ2) is 8.10. The standard InChI is InChI=1S/C20H19ClN4O4/c1-28-17-4-2-3-13(9-17)19-18(11-24-10-15(12-26)22-23-24)29-20(27)25(19)16-7-5-14(21)6-8-16/h2-10,18-19,26H,11-12H2,1H3/t18-,19-/m0/s1. The Morgan fingerprint density at radius 1 is 1.24 bits per heavy atom. The summed E-state index contributed by atoms with van der Waals surface area (Å²) in [5.41, 5.74) is 1.98. The highest BCUT2D eigenvalue weighted by molar-refractivity contribution is 6.30. The molecule has 2 aromatic carbocycles. The molecule has 1 aliphatic heterocycles. The van der Waals surface area contributed by atoms with Crippen LogP contribution in [0.1, 0.15) is 17.3 Å². The Morgan fingerprint density at radius 3 is 2.72 bits per heavy atom. The molecule has 1 saturated heterocycles. The number of aliphatic hydroxyl groups excluding tert-OH is 1. The summed E-state index contributed by atoms with van der Waals surface area (Å²) < 4.78 is 12.6. The highest BCUT2D eigenvalue weighted by Gasteiger charge is 2.44. The van der Waals surface area contributed by atoms with E-state index in [0.29, 0.717) is 22.2 Å². The maximum Gasteiger partial charge on any atom is 0.415 e. The van der Waals surface area contributed by atoms with E-state index >= 15 is 0 Å². The predicted octanol–water partition coefficient (Wildman–Crippen LogP) is 3.20. The van der Waals surface area contributed by atoms with Crippen molar-refractivity contribution in [2.24, 2.45) is 0 Å². The van der Waals surface area contributed by atoms with Crippen molar-refractivity contribution >= 4 is 23.4 Å². The zero-order chi connectivity index (χ0) is 20.4. The van der Waals surface area contributed by atoms with Crippen LogP contribution in [0.15, 0.2) is 54.7 Å². The van der Waals surface area contributed by atoms with E-state index in [2.05, 4.69) is 10.3 Å². The Kier molecular flexibility index (Phi) is 5.37. The molecule has 1 fully saturated rings. The van der Waals surface area contributed by atoms with Crippen LogP contribution < -0.4 is 9.64 Å². The van der Waals surface area contributed by atoms with Gasteiger partial charge < -0.3 is 14.6 Å². The SMILES string of the molecule is COc1cccc([C@H]2[C@H](Cn3cc(CO)nn3)OC(=O)N2c2ccc(Cl)cc2)c1. The predicted molar refractivity (Wildman–Crippen MR) is 106 cm³/mol. The molecule has 1 amide bonds. The molecule has 8 nitrogen and oxygen atoms in total. The van der Waals surface area contributed by atoms with Gasteiger partial charge in [0.15, 0.2) is 0 Å². The summed E-state index contributed by atoms with van der Waals surface area (Å²) in [6.07, 6.45) is 0.632. The average molecular weight is 415 g/mol. The molecular weight excluding hydrogens is 396 g/mol. The molecule has 0 radical (unpaired) electrons. The number of hydrogen-bond donors (Lipinski definition) is 1. The van der Waals surface area contributed by atoms with Crippen molar-refractivity contribution in [3.8, 4) is 5.75 Å². The second-order valence-corrected chi connectivity index (χ2v) is 7.02. The van der Waals surface area contributed by atoms with Gasteiger partial charge in [-0.05, 0) is 42.0 Å². The maximum atomic E-state index is 12.8. The average Bonchev–Trinajstić information content (AvgIpc) is 3.32. The normalized spacial score (nSPS) is 18.7. The lowest BCUT2D eigenvalue weighted by molar-refractivity contribution is 0.117. The van der Waals surface area contributed by atoms with Gasteiger partial charge in [0.05, 0.1) is 26.5 Å². The topological polar surface area (TPSA) is 89.7 Å². The summed E-state index contributed by atoms with van der Waals surface area (Å²) in [5.74, 6) is 0.681. The molecule has 0 unspecified atom stereocenters. The molecule has 4 rings (SSSR count). The van der Waals surface area contributed by atoms with Crippen molar-refractivity contribution in [1.82, 2.24) is 15.0 Å². The number of benzene rings is 2. The number of halogens is 1. The molecule has 1 N–H and O–H groups in total. The van der Waals surface area contributed by atoms with Crippen molar-refractivity contribution < 1.29 is 19.4 Å². The minimum absolute atomic E-state index is 0.208. The Bertz CT molecular complexity index is 1010. The lowest BCUT2D eigenvalue weighted by Gasteiger charge is -2.25. The molecule has 0 saturated carbocycles. The van der Waals surface area contributed by atoms with Crippen LogP contribution in [0.4, 0.5) is 10.5 Å². The molecular formula is C20H19ClN4O4. The van der Waals surface area contributed by atoms with Crippen LogP contribution in [0.5, 0.6) is 5.75 Å². The van der Waals surface area contributed by atoms with Gasteiger partial charge in [-0.15, -0.1) is 5.10 Å². The molecule has 9 heteroatoms. The van der Waals surface area contributed by atoms with E-state index in [1.54, 1.807) is 47.2 Å². The minimum Gasteiger partial charge on any atom is -0.497 e. The summed E-state index contributed by atoms with van der Waals surface area (Å²) in [6, 6.07) is 14.1. The minimum atomic E-state index is -0.529. The number of nitrogens with zero attached hydrogens (tertiary/aromatic N) is 4. The lowest BCUT2D eigenvalue weighted by atomic mass is 9.99. The third-order valence-electron chi connectivity index (χ3n) is 4.73. The summed E-state index contributed by atoms with van der Waals surface area (Å²) in [7, 11) is 1.59. The number of methoxy groups -OCH3 is 1. The van der Waals surface area contributed by atoms with Crippen molar-refractivity contribution in [1.29, 1.82) is 0 Å². The van der Waals surface area contributed by atoms with Crippen molar-refractivity contribution in [3.05, 3.63) is 71.0 Å². The first-order valence-electron chi connectivity index (χ1n) is 8.98. The molecule has 2 heterocycles. The second-order valence-electron chi connectivity index (χ2n) is 6.58. The molecule has 0 bridgehead atoms. The monoisotopic (exact) mass is 414 g/mol. The van der Waals surface area contributed by atoms with Crippen LogP contribution in [0, 0.1) is 0 Å². The van der Waals surface area contributed by atoms with E-state index in [4.69, 9.17) is 21.1 Å². The fourth-order valence-electron chi connectivity index (χ4n) is 3.41. The van der Waals surface area contributed by atoms with Crippen molar-refractivity contribution in [2.75, 3.05) is 12.0 Å². The number of anilines is 1. The summed E-state index contributed by atoms with van der Waals surface area (Å²) >= 11 is 6.01. The summed E-state index contributed by atoms with van der Waals surface area (Å²) in [5, 5.41) is 17.7. The molecule has 3 aromatic rings. The number of carbonyl (C=O) groups is 1. The molecule has 1 aromatic heterocycles. The number of aliphatic hydroxyl groups is 1. The van der Waals surface area contributed by atoms with Gasteiger partial charge >= 0.3 is 6.09 Å². The highest BCUT2D eigenvalue weighted by atomic mass is 35.5. The number of hydrogen-bond acceptors (Lipinski definition) is 6. The van der Waals surface area contributed by atoms with Gasteiger partial charge in [0.1, 0.15) is 23.6 Å². The van der Waals surface area contributed by atoms with Crippen LogP contribution in [0.25, 0.3) is 0 Å². The Hall–Kier alpha value is -3.10. The van der Waals surface area contributed by atoms with Gasteiger partial charge in [-0.25, -0.2) is 9.48 Å². The summed E-state index contributed by atoms with van der Waals surface area (Å²) in [6.45, 7) is 0.0748. The quantitative estimate of drug-likeness (QED) is 0.666. The highest BCUT2D eigenvalue weighted by Crippen LogP contribution is 2.39. The van der Waals surface area contributed by atoms with E-state index in [9.17, 15) is 9.90 Å². The molecule has 150 valence electrons. The first kappa shape index (κ1) is 19.2. The van der Waals surface area contributed by atoms with Crippen LogP contribution >= 0.6 is 11.6 Å². The number of cyclic esters (lactones) is 1. The number of aromatic nitrogens is 3. The third kappa shape index (κ3) is 3.90. The van der Waals surface area contributed by atoms with E-state index in [1.807, 2.05) is 24.3 Å². The zero-order valence-electron chi connectivity index (χ0n) is 15.6. The van der Waals surface area contributed by atoms with Crippen LogP contribution in [-0.4, -0.2) is 39.4 Å².